The van der Waals surface area contributed by atoms with Crippen LogP contribution in [0.4, 0.5) is 4.39 Å². The van der Waals surface area contributed by atoms with Crippen molar-refractivity contribution in [2.45, 2.75) is 0 Å². The number of nitrogens with zero attached hydrogens (tertiary/aromatic N) is 1. The molecule has 0 N–H and O–H groups in total. The average molecular weight is 195 g/mol. The fraction of sp³-hybridized carbons (Fsp3) is 0. The molecule has 3 heteroatoms. The van der Waals surface area contributed by atoms with Gasteiger partial charge < -0.3 is 0 Å². The van der Waals surface area contributed by atoms with Crippen LogP contribution in [0.5, 0.6) is 0 Å². The molecule has 0 bridgehead atoms. The Morgan fingerprint density at radius 2 is 2.08 bits per heavy atom. The van der Waals surface area contributed by atoms with E-state index in [9.17, 15) is 4.39 Å². The van der Waals surface area contributed by atoms with Gasteiger partial charge >= 0.3 is 0 Å². The molecule has 2 rings (SSSR count). The predicted molar refractivity (Wildman–Crippen MR) is 51.2 cm³/mol. The minimum atomic E-state index is -0.362. The summed E-state index contributed by atoms with van der Waals surface area (Å²) in [6, 6.07) is 4.77. The molecule has 0 aliphatic carbocycles. The maximum absolute atomic E-state index is 13.2. The quantitative estimate of drug-likeness (QED) is 0.628. The van der Waals surface area contributed by atoms with Gasteiger partial charge in [-0.3, -0.25) is 4.98 Å². The average Bonchev–Trinajstić information content (AvgIpc) is 2.02. The summed E-state index contributed by atoms with van der Waals surface area (Å²) in [5, 5.41) is 1.18. The van der Waals surface area contributed by atoms with Gasteiger partial charge in [-0.05, 0) is 30.7 Å². The Labute approximate surface area is 80.2 Å². The molecule has 1 radical (unpaired) electrons. The molecule has 1 aromatic heterocycles. The Morgan fingerprint density at radius 1 is 1.31 bits per heavy atom. The summed E-state index contributed by atoms with van der Waals surface area (Å²) < 4.78 is 13.2. The number of fused-ring (bicyclic) bond motifs is 1. The van der Waals surface area contributed by atoms with Crippen LogP contribution in [0.15, 0.2) is 24.4 Å². The third-order valence-electron chi connectivity index (χ3n) is 1.76. The van der Waals surface area contributed by atoms with Gasteiger partial charge in [0.15, 0.2) is 0 Å². The van der Waals surface area contributed by atoms with Gasteiger partial charge in [0.25, 0.3) is 0 Å². The van der Waals surface area contributed by atoms with Crippen molar-refractivity contribution in [2.24, 2.45) is 0 Å². The molecule has 0 unspecified atom stereocenters. The van der Waals surface area contributed by atoms with E-state index < -0.39 is 0 Å². The van der Waals surface area contributed by atoms with E-state index in [1.165, 1.54) is 12.3 Å². The van der Waals surface area contributed by atoms with Gasteiger partial charge in [0.2, 0.25) is 0 Å². The second-order valence-electron chi connectivity index (χ2n) is 2.80. The van der Waals surface area contributed by atoms with Crippen molar-refractivity contribution in [3.8, 4) is 0 Å². The highest BCUT2D eigenvalue weighted by molar-refractivity contribution is 6.31. The van der Waals surface area contributed by atoms with Crippen molar-refractivity contribution < 1.29 is 4.39 Å². The predicted octanol–water partition coefficient (Wildman–Crippen LogP) is 3.21. The normalized spacial score (nSPS) is 10.7. The van der Waals surface area contributed by atoms with Crippen LogP contribution in [-0.4, -0.2) is 4.98 Å². The maximum Gasteiger partial charge on any atom is 0.149 e. The number of rotatable bonds is 0. The fourth-order valence-corrected chi connectivity index (χ4v) is 1.40. The zero-order valence-electron chi connectivity index (χ0n) is 6.72. The number of hydrogen-bond acceptors (Lipinski definition) is 1. The lowest BCUT2D eigenvalue weighted by Crippen LogP contribution is -1.85. The standard InChI is InChI=1S/C10H6ClFN/c1-6-2-7-4-8(11)5-13-10(7)9(12)3-6/h2-5H,1H2. The first-order chi connectivity index (χ1) is 6.16. The molecule has 1 heterocycles. The molecule has 0 saturated heterocycles. The van der Waals surface area contributed by atoms with Gasteiger partial charge in [-0.25, -0.2) is 4.39 Å². The topological polar surface area (TPSA) is 12.9 Å². The summed E-state index contributed by atoms with van der Waals surface area (Å²) in [6.07, 6.45) is 1.43. The molecule has 0 aliphatic rings. The number of halogens is 2. The smallest absolute Gasteiger partial charge is 0.149 e. The molecule has 0 fully saturated rings. The monoisotopic (exact) mass is 194 g/mol. The molecule has 65 valence electrons. The molecule has 1 nitrogen and oxygen atoms in total. The van der Waals surface area contributed by atoms with E-state index in [-0.39, 0.29) is 5.82 Å². The van der Waals surface area contributed by atoms with E-state index >= 15 is 0 Å². The molecular weight excluding hydrogens is 189 g/mol. The van der Waals surface area contributed by atoms with Crippen LogP contribution in [0, 0.1) is 12.7 Å². The summed E-state index contributed by atoms with van der Waals surface area (Å²) in [5.41, 5.74) is 0.950. The molecule has 2 aromatic rings. The number of aromatic nitrogens is 1. The maximum atomic E-state index is 13.2. The molecule has 0 saturated carbocycles. The third kappa shape index (κ3) is 1.49. The van der Waals surface area contributed by atoms with Gasteiger partial charge in [-0.1, -0.05) is 11.6 Å². The van der Waals surface area contributed by atoms with Crippen molar-refractivity contribution in [2.75, 3.05) is 0 Å². The zero-order chi connectivity index (χ0) is 9.42. The lowest BCUT2D eigenvalue weighted by atomic mass is 10.1. The molecule has 0 spiro atoms. The first-order valence-corrected chi connectivity index (χ1v) is 4.11. The Hall–Kier alpha value is -1.15. The second kappa shape index (κ2) is 2.96. The van der Waals surface area contributed by atoms with Crippen molar-refractivity contribution in [3.63, 3.8) is 0 Å². The van der Waals surface area contributed by atoms with Crippen LogP contribution in [0.3, 0.4) is 0 Å². The van der Waals surface area contributed by atoms with Crippen molar-refractivity contribution in [1.82, 2.24) is 4.98 Å². The van der Waals surface area contributed by atoms with Gasteiger partial charge in [0.05, 0.1) is 5.02 Å². The lowest BCUT2D eigenvalue weighted by Gasteiger charge is -2.00. The third-order valence-corrected chi connectivity index (χ3v) is 1.97. The van der Waals surface area contributed by atoms with Crippen LogP contribution in [0.1, 0.15) is 5.56 Å². The number of hydrogen-bond donors (Lipinski definition) is 0. The summed E-state index contributed by atoms with van der Waals surface area (Å²) >= 11 is 5.72. The van der Waals surface area contributed by atoms with Crippen LogP contribution in [0.25, 0.3) is 10.9 Å². The van der Waals surface area contributed by atoms with E-state index in [2.05, 4.69) is 11.9 Å². The second-order valence-corrected chi connectivity index (χ2v) is 3.24. The van der Waals surface area contributed by atoms with Crippen LogP contribution in [-0.2, 0) is 0 Å². The fourth-order valence-electron chi connectivity index (χ4n) is 1.24. The van der Waals surface area contributed by atoms with E-state index in [4.69, 9.17) is 11.6 Å². The van der Waals surface area contributed by atoms with Crippen molar-refractivity contribution in [3.05, 3.63) is 47.7 Å². The Bertz CT molecular complexity index is 462. The van der Waals surface area contributed by atoms with Gasteiger partial charge in [0.1, 0.15) is 11.3 Å². The zero-order valence-corrected chi connectivity index (χ0v) is 7.48. The molecular formula is C10H6ClFN. The minimum Gasteiger partial charge on any atom is -0.252 e. The Kier molecular flexibility index (Phi) is 1.93. The molecule has 0 atom stereocenters. The highest BCUT2D eigenvalue weighted by atomic mass is 35.5. The molecule has 0 amide bonds. The first-order valence-electron chi connectivity index (χ1n) is 3.73. The Balaban J connectivity index is 2.86. The Morgan fingerprint density at radius 3 is 2.85 bits per heavy atom. The summed E-state index contributed by atoms with van der Waals surface area (Å²) in [4.78, 5) is 3.89. The van der Waals surface area contributed by atoms with E-state index in [1.54, 1.807) is 12.1 Å². The largest absolute Gasteiger partial charge is 0.252 e. The van der Waals surface area contributed by atoms with E-state index in [1.807, 2.05) is 0 Å². The number of pyridine rings is 1. The van der Waals surface area contributed by atoms with Crippen LogP contribution in [0.2, 0.25) is 5.02 Å². The summed E-state index contributed by atoms with van der Waals surface area (Å²) in [5.74, 6) is -0.362. The van der Waals surface area contributed by atoms with Crippen molar-refractivity contribution >= 4 is 22.5 Å². The van der Waals surface area contributed by atoms with E-state index in [0.29, 0.717) is 21.5 Å². The first kappa shape index (κ1) is 8.45. The van der Waals surface area contributed by atoms with Crippen LogP contribution >= 0.6 is 11.6 Å². The van der Waals surface area contributed by atoms with Crippen LogP contribution < -0.4 is 0 Å². The summed E-state index contributed by atoms with van der Waals surface area (Å²) in [7, 11) is 0. The molecule has 0 aliphatic heterocycles. The van der Waals surface area contributed by atoms with Crippen molar-refractivity contribution in [1.29, 1.82) is 0 Å². The van der Waals surface area contributed by atoms with E-state index in [0.717, 1.165) is 0 Å². The number of benzene rings is 1. The lowest BCUT2D eigenvalue weighted by molar-refractivity contribution is 0.636. The highest BCUT2D eigenvalue weighted by Crippen LogP contribution is 2.20. The van der Waals surface area contributed by atoms with Gasteiger partial charge in [0, 0.05) is 11.6 Å². The van der Waals surface area contributed by atoms with Gasteiger partial charge in [-0.2, -0.15) is 0 Å². The highest BCUT2D eigenvalue weighted by Gasteiger charge is 2.03. The molecule has 13 heavy (non-hydrogen) atoms. The van der Waals surface area contributed by atoms with Gasteiger partial charge in [-0.15, -0.1) is 0 Å². The molecule has 1 aromatic carbocycles. The SMILES string of the molecule is [CH2]c1cc(F)c2ncc(Cl)cc2c1. The summed E-state index contributed by atoms with van der Waals surface area (Å²) in [6.45, 7) is 3.65. The minimum absolute atomic E-state index is 0.330.